The first-order valence-corrected chi connectivity index (χ1v) is 7.13. The maximum Gasteiger partial charge on any atom is 0.0659 e. The smallest absolute Gasteiger partial charge is 0.0659 e. The Hall–Kier alpha value is -0.680. The molecular formula is C11H21N3OS. The fraction of sp³-hybridized carbons (Fsp3) is 0.727. The maximum absolute atomic E-state index is 11.9. The Labute approximate surface area is 99.7 Å². The quantitative estimate of drug-likeness (QED) is 0.812. The van der Waals surface area contributed by atoms with Crippen LogP contribution in [0.5, 0.6) is 0 Å². The lowest BCUT2D eigenvalue weighted by Crippen LogP contribution is -2.23. The molecule has 0 aromatic carbocycles. The van der Waals surface area contributed by atoms with Crippen molar-refractivity contribution in [3.05, 3.63) is 17.5 Å². The molecule has 0 aliphatic heterocycles. The van der Waals surface area contributed by atoms with Crippen LogP contribution in [0.2, 0.25) is 0 Å². The molecule has 0 bridgehead atoms. The zero-order valence-electron chi connectivity index (χ0n) is 10.3. The summed E-state index contributed by atoms with van der Waals surface area (Å²) in [5, 5.41) is 4.48. The summed E-state index contributed by atoms with van der Waals surface area (Å²) in [7, 11) is -0.902. The number of hydrogen-bond acceptors (Lipinski definition) is 3. The second-order valence-corrected chi connectivity index (χ2v) is 5.72. The predicted molar refractivity (Wildman–Crippen MR) is 67.6 cm³/mol. The van der Waals surface area contributed by atoms with Gasteiger partial charge in [-0.1, -0.05) is 6.92 Å². The monoisotopic (exact) mass is 243 g/mol. The van der Waals surface area contributed by atoms with Crippen molar-refractivity contribution in [3.8, 4) is 0 Å². The molecule has 2 N–H and O–H groups in total. The number of aryl methyl sites for hydroxylation is 2. The highest BCUT2D eigenvalue weighted by Gasteiger charge is 2.13. The summed E-state index contributed by atoms with van der Waals surface area (Å²) in [6.45, 7) is 7.33. The molecular weight excluding hydrogens is 222 g/mol. The van der Waals surface area contributed by atoms with Crippen LogP contribution in [0.25, 0.3) is 0 Å². The molecule has 0 radical (unpaired) electrons. The second-order valence-electron chi connectivity index (χ2n) is 3.87. The van der Waals surface area contributed by atoms with Gasteiger partial charge in [0.2, 0.25) is 0 Å². The molecule has 0 aliphatic carbocycles. The lowest BCUT2D eigenvalue weighted by atomic mass is 10.3. The first-order chi connectivity index (χ1) is 7.62. The van der Waals surface area contributed by atoms with E-state index < -0.39 is 10.8 Å². The van der Waals surface area contributed by atoms with Crippen molar-refractivity contribution in [2.75, 3.05) is 6.54 Å². The number of hydrogen-bond donors (Lipinski definition) is 1. The van der Waals surface area contributed by atoms with E-state index in [2.05, 4.69) is 12.0 Å². The third-order valence-corrected chi connectivity index (χ3v) is 4.32. The third-order valence-electron chi connectivity index (χ3n) is 2.65. The molecule has 2 atom stereocenters. The van der Waals surface area contributed by atoms with Crippen LogP contribution < -0.4 is 5.73 Å². The van der Waals surface area contributed by atoms with E-state index in [1.807, 2.05) is 24.6 Å². The molecule has 2 unspecified atom stereocenters. The Morgan fingerprint density at radius 1 is 1.56 bits per heavy atom. The molecule has 16 heavy (non-hydrogen) atoms. The molecule has 1 aromatic rings. The van der Waals surface area contributed by atoms with Crippen molar-refractivity contribution in [2.45, 2.75) is 44.7 Å². The summed E-state index contributed by atoms with van der Waals surface area (Å²) in [6.07, 6.45) is 0.916. The molecule has 1 heterocycles. The zero-order chi connectivity index (χ0) is 12.1. The predicted octanol–water partition coefficient (Wildman–Crippen LogP) is 1.06. The van der Waals surface area contributed by atoms with Crippen molar-refractivity contribution in [2.24, 2.45) is 5.73 Å². The molecule has 0 spiro atoms. The number of nitrogens with two attached hydrogens (primary N) is 1. The topological polar surface area (TPSA) is 60.9 Å². The Bertz CT molecular complexity index is 362. The van der Waals surface area contributed by atoms with Crippen molar-refractivity contribution >= 4 is 10.8 Å². The minimum atomic E-state index is -0.902. The average Bonchev–Trinajstić information content (AvgIpc) is 2.70. The Balaban J connectivity index is 2.79. The molecule has 0 fully saturated rings. The van der Waals surface area contributed by atoms with Crippen LogP contribution in [-0.2, 0) is 29.5 Å². The van der Waals surface area contributed by atoms with Crippen molar-refractivity contribution in [1.82, 2.24) is 9.78 Å². The van der Waals surface area contributed by atoms with Gasteiger partial charge in [-0.3, -0.25) is 8.89 Å². The normalized spacial score (nSPS) is 15.0. The molecule has 0 saturated heterocycles. The number of rotatable bonds is 6. The number of nitrogens with zero attached hydrogens (tertiary/aromatic N) is 2. The maximum atomic E-state index is 11.9. The van der Waals surface area contributed by atoms with Gasteiger partial charge >= 0.3 is 0 Å². The summed E-state index contributed by atoms with van der Waals surface area (Å²) in [5.41, 5.74) is 7.63. The SMILES string of the molecule is CCc1cc(CS(=O)C(C)CN)n(CC)n1. The van der Waals surface area contributed by atoms with Gasteiger partial charge in [-0.05, 0) is 26.3 Å². The van der Waals surface area contributed by atoms with Crippen LogP contribution in [-0.4, -0.2) is 25.8 Å². The van der Waals surface area contributed by atoms with Gasteiger partial charge in [0.1, 0.15) is 0 Å². The summed E-state index contributed by atoms with van der Waals surface area (Å²) in [5.74, 6) is 0.555. The summed E-state index contributed by atoms with van der Waals surface area (Å²) < 4.78 is 13.8. The number of aromatic nitrogens is 2. The van der Waals surface area contributed by atoms with Crippen molar-refractivity contribution in [1.29, 1.82) is 0 Å². The van der Waals surface area contributed by atoms with Crippen LogP contribution in [0.15, 0.2) is 6.07 Å². The van der Waals surface area contributed by atoms with Gasteiger partial charge in [0.15, 0.2) is 0 Å². The van der Waals surface area contributed by atoms with Gasteiger partial charge in [-0.2, -0.15) is 5.10 Å². The van der Waals surface area contributed by atoms with Gasteiger partial charge in [-0.25, -0.2) is 0 Å². The largest absolute Gasteiger partial charge is 0.329 e. The standard InChI is InChI=1S/C11H21N3OS/c1-4-10-6-11(14(5-2)13-10)8-16(15)9(3)7-12/h6,9H,4-5,7-8,12H2,1-3H3. The summed E-state index contributed by atoms with van der Waals surface area (Å²) in [4.78, 5) is 0. The molecule has 5 heteroatoms. The van der Waals surface area contributed by atoms with Gasteiger partial charge in [0.25, 0.3) is 0 Å². The molecule has 1 rings (SSSR count). The second kappa shape index (κ2) is 6.15. The molecule has 1 aromatic heterocycles. The Morgan fingerprint density at radius 3 is 2.75 bits per heavy atom. The highest BCUT2D eigenvalue weighted by Crippen LogP contribution is 2.10. The fourth-order valence-corrected chi connectivity index (χ4v) is 2.50. The van der Waals surface area contributed by atoms with Gasteiger partial charge in [0, 0.05) is 29.1 Å². The molecule has 0 aliphatic rings. The average molecular weight is 243 g/mol. The molecule has 92 valence electrons. The van der Waals surface area contributed by atoms with Gasteiger partial charge in [0.05, 0.1) is 17.1 Å². The van der Waals surface area contributed by atoms with E-state index in [4.69, 9.17) is 5.73 Å². The van der Waals surface area contributed by atoms with Crippen molar-refractivity contribution in [3.63, 3.8) is 0 Å². The zero-order valence-corrected chi connectivity index (χ0v) is 11.1. The molecule has 4 nitrogen and oxygen atoms in total. The van der Waals surface area contributed by atoms with Crippen LogP contribution in [0.1, 0.15) is 32.2 Å². The van der Waals surface area contributed by atoms with Gasteiger partial charge < -0.3 is 5.73 Å². The minimum absolute atomic E-state index is 0.0466. The van der Waals surface area contributed by atoms with Crippen LogP contribution in [0.4, 0.5) is 0 Å². The first kappa shape index (κ1) is 13.4. The third kappa shape index (κ3) is 3.15. The van der Waals surface area contributed by atoms with Crippen LogP contribution in [0, 0.1) is 0 Å². The highest BCUT2D eigenvalue weighted by atomic mass is 32.2. The molecule has 0 amide bonds. The Morgan fingerprint density at radius 2 is 2.25 bits per heavy atom. The first-order valence-electron chi connectivity index (χ1n) is 5.75. The fourth-order valence-electron chi connectivity index (χ4n) is 1.47. The van der Waals surface area contributed by atoms with E-state index in [-0.39, 0.29) is 5.25 Å². The van der Waals surface area contributed by atoms with E-state index in [1.54, 1.807) is 0 Å². The van der Waals surface area contributed by atoms with E-state index in [0.29, 0.717) is 12.3 Å². The highest BCUT2D eigenvalue weighted by molar-refractivity contribution is 7.84. The summed E-state index contributed by atoms with van der Waals surface area (Å²) >= 11 is 0. The van der Waals surface area contributed by atoms with E-state index in [1.165, 1.54) is 0 Å². The molecule has 0 saturated carbocycles. The van der Waals surface area contributed by atoms with Crippen molar-refractivity contribution < 1.29 is 4.21 Å². The Kier molecular flexibility index (Phi) is 5.15. The summed E-state index contributed by atoms with van der Waals surface area (Å²) in [6, 6.07) is 2.05. The van der Waals surface area contributed by atoms with Crippen LogP contribution in [0.3, 0.4) is 0 Å². The lowest BCUT2D eigenvalue weighted by Gasteiger charge is -2.09. The minimum Gasteiger partial charge on any atom is -0.329 e. The lowest BCUT2D eigenvalue weighted by molar-refractivity contribution is 0.622. The van der Waals surface area contributed by atoms with E-state index >= 15 is 0 Å². The van der Waals surface area contributed by atoms with Crippen LogP contribution >= 0.6 is 0 Å². The van der Waals surface area contributed by atoms with E-state index in [9.17, 15) is 4.21 Å². The van der Waals surface area contributed by atoms with Gasteiger partial charge in [-0.15, -0.1) is 0 Å². The van der Waals surface area contributed by atoms with E-state index in [0.717, 1.165) is 24.4 Å².